The Morgan fingerprint density at radius 2 is 2.00 bits per heavy atom. The lowest BCUT2D eigenvalue weighted by Crippen LogP contribution is -2.46. The van der Waals surface area contributed by atoms with Crippen molar-refractivity contribution >= 4 is 6.09 Å². The number of carbonyl (C=O) groups is 1. The van der Waals surface area contributed by atoms with Gasteiger partial charge in [0.15, 0.2) is 0 Å². The first-order chi connectivity index (χ1) is 10.1. The molecule has 2 aliphatic heterocycles. The van der Waals surface area contributed by atoms with E-state index in [4.69, 9.17) is 9.52 Å². The van der Waals surface area contributed by atoms with Crippen LogP contribution in [0.4, 0.5) is 4.79 Å². The molecule has 2 saturated heterocycles. The van der Waals surface area contributed by atoms with Crippen LogP contribution in [-0.2, 0) is 7.05 Å². The van der Waals surface area contributed by atoms with Gasteiger partial charge in [0.1, 0.15) is 5.76 Å². The Labute approximate surface area is 122 Å². The van der Waals surface area contributed by atoms with E-state index >= 15 is 0 Å². The number of aryl methyl sites for hydroxylation is 1. The summed E-state index contributed by atoms with van der Waals surface area (Å²) in [5.41, 5.74) is 0. The molecule has 1 N–H and O–H groups in total. The summed E-state index contributed by atoms with van der Waals surface area (Å²) >= 11 is 0. The first kappa shape index (κ1) is 14.2. The Balaban J connectivity index is 1.70. The number of oxazole rings is 1. The Kier molecular flexibility index (Phi) is 3.75. The smallest absolute Gasteiger partial charge is 0.418 e. The molecule has 21 heavy (non-hydrogen) atoms. The van der Waals surface area contributed by atoms with Crippen LogP contribution in [0.2, 0.25) is 0 Å². The summed E-state index contributed by atoms with van der Waals surface area (Å²) in [5.74, 6) is 0.415. The normalized spacial score (nSPS) is 24.6. The first-order valence-electron chi connectivity index (χ1n) is 7.46. The van der Waals surface area contributed by atoms with Crippen LogP contribution < -0.4 is 5.76 Å². The summed E-state index contributed by atoms with van der Waals surface area (Å²) in [5, 5.41) is 9.01. The molecule has 3 heterocycles. The van der Waals surface area contributed by atoms with E-state index in [2.05, 4.69) is 4.90 Å². The van der Waals surface area contributed by atoms with Crippen molar-refractivity contribution in [1.29, 1.82) is 0 Å². The molecule has 1 aromatic heterocycles. The fourth-order valence-corrected chi connectivity index (χ4v) is 3.52. The molecular formula is C14H21N3O4. The maximum Gasteiger partial charge on any atom is 0.418 e. The number of hydrogen-bond donors (Lipinski definition) is 1. The van der Waals surface area contributed by atoms with Crippen molar-refractivity contribution in [3.8, 4) is 0 Å². The second-order valence-electron chi connectivity index (χ2n) is 5.91. The van der Waals surface area contributed by atoms with Gasteiger partial charge in [0, 0.05) is 26.2 Å². The van der Waals surface area contributed by atoms with Gasteiger partial charge in [-0.25, -0.2) is 9.59 Å². The van der Waals surface area contributed by atoms with Crippen LogP contribution in [0.5, 0.6) is 0 Å². The number of nitrogens with zero attached hydrogens (tertiary/aromatic N) is 3. The standard InChI is InChI=1S/C14H21N3O4/c1-15-9-12(21-14(15)20)11-3-2-6-17(11)10-4-7-16(8-5-10)13(18)19/h9-11H,2-8H2,1H3,(H,18,19)/t11-/m1/s1. The van der Waals surface area contributed by atoms with E-state index in [1.54, 1.807) is 13.2 Å². The number of carboxylic acid groups (broad SMARTS) is 1. The number of amides is 1. The second-order valence-corrected chi connectivity index (χ2v) is 5.91. The van der Waals surface area contributed by atoms with Crippen LogP contribution in [0.25, 0.3) is 0 Å². The Morgan fingerprint density at radius 1 is 1.29 bits per heavy atom. The number of hydrogen-bond acceptors (Lipinski definition) is 4. The molecule has 0 aromatic carbocycles. The van der Waals surface area contributed by atoms with Gasteiger partial charge in [0.05, 0.1) is 12.2 Å². The lowest BCUT2D eigenvalue weighted by molar-refractivity contribution is 0.0833. The van der Waals surface area contributed by atoms with E-state index in [9.17, 15) is 9.59 Å². The molecule has 0 saturated carbocycles. The highest BCUT2D eigenvalue weighted by Crippen LogP contribution is 2.35. The Hall–Kier alpha value is -1.76. The highest BCUT2D eigenvalue weighted by atomic mass is 16.4. The van der Waals surface area contributed by atoms with Crippen molar-refractivity contribution < 1.29 is 14.3 Å². The minimum atomic E-state index is -0.833. The molecule has 1 amide bonds. The minimum absolute atomic E-state index is 0.153. The van der Waals surface area contributed by atoms with E-state index in [-0.39, 0.29) is 11.8 Å². The van der Waals surface area contributed by atoms with Gasteiger partial charge in [-0.05, 0) is 32.2 Å². The highest BCUT2D eigenvalue weighted by molar-refractivity contribution is 5.65. The highest BCUT2D eigenvalue weighted by Gasteiger charge is 2.36. The average molecular weight is 295 g/mol. The third kappa shape index (κ3) is 2.70. The quantitative estimate of drug-likeness (QED) is 0.888. The van der Waals surface area contributed by atoms with E-state index in [1.165, 1.54) is 9.47 Å². The maximum atomic E-state index is 11.5. The van der Waals surface area contributed by atoms with Gasteiger partial charge in [-0.2, -0.15) is 0 Å². The van der Waals surface area contributed by atoms with Crippen LogP contribution >= 0.6 is 0 Å². The van der Waals surface area contributed by atoms with E-state index in [0.717, 1.165) is 38.0 Å². The molecular weight excluding hydrogens is 274 g/mol. The molecule has 2 aliphatic rings. The molecule has 3 rings (SSSR count). The second kappa shape index (κ2) is 5.55. The molecule has 0 radical (unpaired) electrons. The first-order valence-corrected chi connectivity index (χ1v) is 7.46. The van der Waals surface area contributed by atoms with Gasteiger partial charge in [-0.3, -0.25) is 9.47 Å². The zero-order valence-corrected chi connectivity index (χ0v) is 12.2. The monoisotopic (exact) mass is 295 g/mol. The van der Waals surface area contributed by atoms with Crippen LogP contribution in [0.3, 0.4) is 0 Å². The predicted octanol–water partition coefficient (Wildman–Crippen LogP) is 1.26. The van der Waals surface area contributed by atoms with Gasteiger partial charge < -0.3 is 14.4 Å². The summed E-state index contributed by atoms with van der Waals surface area (Å²) in [4.78, 5) is 26.3. The van der Waals surface area contributed by atoms with E-state index in [0.29, 0.717) is 19.1 Å². The SMILES string of the molecule is Cn1cc([C@H]2CCCN2C2CCN(C(=O)O)CC2)oc1=O. The lowest BCUT2D eigenvalue weighted by atomic mass is 10.0. The summed E-state index contributed by atoms with van der Waals surface area (Å²) in [7, 11) is 1.69. The molecule has 0 aliphatic carbocycles. The summed E-state index contributed by atoms with van der Waals surface area (Å²) in [6.45, 7) is 2.16. The van der Waals surface area contributed by atoms with Crippen molar-refractivity contribution in [1.82, 2.24) is 14.4 Å². The van der Waals surface area contributed by atoms with E-state index < -0.39 is 6.09 Å². The van der Waals surface area contributed by atoms with Crippen molar-refractivity contribution in [3.05, 3.63) is 22.5 Å². The number of rotatable bonds is 2. The Bertz CT molecular complexity index is 571. The zero-order chi connectivity index (χ0) is 15.0. The van der Waals surface area contributed by atoms with Crippen LogP contribution in [0.1, 0.15) is 37.5 Å². The molecule has 0 unspecified atom stereocenters. The van der Waals surface area contributed by atoms with Crippen molar-refractivity contribution in [2.45, 2.75) is 37.8 Å². The van der Waals surface area contributed by atoms with Crippen molar-refractivity contribution in [3.63, 3.8) is 0 Å². The average Bonchev–Trinajstić information content (AvgIpc) is 3.06. The molecule has 7 nitrogen and oxygen atoms in total. The summed E-state index contributed by atoms with van der Waals surface area (Å²) in [6.07, 6.45) is 4.71. The molecule has 0 spiro atoms. The van der Waals surface area contributed by atoms with Gasteiger partial charge in [0.2, 0.25) is 0 Å². The molecule has 0 bridgehead atoms. The molecule has 1 aromatic rings. The largest absolute Gasteiger partial charge is 0.465 e. The van der Waals surface area contributed by atoms with Crippen LogP contribution in [0, 0.1) is 0 Å². The topological polar surface area (TPSA) is 78.9 Å². The number of likely N-dealkylation sites (tertiary alicyclic amines) is 2. The van der Waals surface area contributed by atoms with Gasteiger partial charge in [0.25, 0.3) is 0 Å². The van der Waals surface area contributed by atoms with Gasteiger partial charge in [-0.1, -0.05) is 0 Å². The maximum absolute atomic E-state index is 11.5. The molecule has 7 heteroatoms. The minimum Gasteiger partial charge on any atom is -0.465 e. The third-order valence-electron chi connectivity index (χ3n) is 4.64. The lowest BCUT2D eigenvalue weighted by Gasteiger charge is -2.37. The summed E-state index contributed by atoms with van der Waals surface area (Å²) < 4.78 is 6.81. The van der Waals surface area contributed by atoms with Crippen molar-refractivity contribution in [2.24, 2.45) is 7.05 Å². The molecule has 1 atom stereocenters. The van der Waals surface area contributed by atoms with Crippen LogP contribution in [0.15, 0.2) is 15.4 Å². The van der Waals surface area contributed by atoms with Gasteiger partial charge >= 0.3 is 11.8 Å². The number of aromatic nitrogens is 1. The fraction of sp³-hybridized carbons (Fsp3) is 0.714. The van der Waals surface area contributed by atoms with E-state index in [1.807, 2.05) is 0 Å². The molecule has 2 fully saturated rings. The zero-order valence-electron chi connectivity index (χ0n) is 12.2. The predicted molar refractivity (Wildman–Crippen MR) is 75.2 cm³/mol. The van der Waals surface area contributed by atoms with Crippen LogP contribution in [-0.4, -0.2) is 51.2 Å². The third-order valence-corrected chi connectivity index (χ3v) is 4.64. The van der Waals surface area contributed by atoms with Crippen molar-refractivity contribution in [2.75, 3.05) is 19.6 Å². The fourth-order valence-electron chi connectivity index (χ4n) is 3.52. The summed E-state index contributed by atoms with van der Waals surface area (Å²) in [6, 6.07) is 0.527. The number of piperidine rings is 1. The van der Waals surface area contributed by atoms with Gasteiger partial charge in [-0.15, -0.1) is 0 Å². The Morgan fingerprint density at radius 3 is 2.57 bits per heavy atom. The molecule has 116 valence electrons.